The zero-order valence-corrected chi connectivity index (χ0v) is 25.1. The predicted molar refractivity (Wildman–Crippen MR) is 148 cm³/mol. The van der Waals surface area contributed by atoms with Gasteiger partial charge in [0, 0.05) is 13.5 Å². The lowest BCUT2D eigenvalue weighted by Crippen LogP contribution is -2.37. The van der Waals surface area contributed by atoms with E-state index in [4.69, 9.17) is 18.5 Å². The van der Waals surface area contributed by atoms with Gasteiger partial charge in [0.05, 0.1) is 34.4 Å². The van der Waals surface area contributed by atoms with Crippen LogP contribution < -0.4 is 4.89 Å². The molecule has 0 fully saturated rings. The molecule has 1 unspecified atom stereocenters. The van der Waals surface area contributed by atoms with Crippen molar-refractivity contribution in [2.45, 2.75) is 97.0 Å². The van der Waals surface area contributed by atoms with Crippen LogP contribution in [0.1, 0.15) is 90.9 Å². The first-order valence-corrected chi connectivity index (χ1v) is 15.5. The quantitative estimate of drug-likeness (QED) is 0.0458. The highest BCUT2D eigenvalue weighted by atomic mass is 31.2. The third kappa shape index (κ3) is 27.8. The molecule has 8 nitrogen and oxygen atoms in total. The third-order valence-corrected chi connectivity index (χ3v) is 6.52. The van der Waals surface area contributed by atoms with Crippen molar-refractivity contribution < 1.29 is 37.3 Å². The molecule has 0 aliphatic carbocycles. The SMILES string of the molecule is CCCCC/C=C\C/C=C\CCCCCCCCOC[C@H](COP(=O)([O-])OCC[N+](C)(C)C)OC(C)=O. The number of nitrogens with zero attached hydrogens (tertiary/aromatic N) is 1. The van der Waals surface area contributed by atoms with Crippen LogP contribution in [0.3, 0.4) is 0 Å². The fraction of sp³-hybridized carbons (Fsp3) is 0.821. The van der Waals surface area contributed by atoms with Crippen molar-refractivity contribution in [1.29, 1.82) is 0 Å². The molecule has 0 aromatic rings. The Bertz CT molecular complexity index is 661. The van der Waals surface area contributed by atoms with Gasteiger partial charge < -0.3 is 27.9 Å². The molecular formula is C28H54NO7P. The number of allylic oxidation sites excluding steroid dienone is 4. The highest BCUT2D eigenvalue weighted by Crippen LogP contribution is 2.38. The molecule has 0 radical (unpaired) electrons. The lowest BCUT2D eigenvalue weighted by molar-refractivity contribution is -0.870. The number of phosphoric acid groups is 1. The molecule has 0 heterocycles. The first kappa shape index (κ1) is 36.0. The van der Waals surface area contributed by atoms with Gasteiger partial charge in [-0.05, 0) is 38.5 Å². The zero-order chi connectivity index (χ0) is 27.8. The molecule has 0 rings (SSSR count). The van der Waals surface area contributed by atoms with Crippen LogP contribution in [0.5, 0.6) is 0 Å². The average molecular weight is 548 g/mol. The third-order valence-electron chi connectivity index (χ3n) is 5.56. The van der Waals surface area contributed by atoms with Gasteiger partial charge in [-0.3, -0.25) is 9.36 Å². The van der Waals surface area contributed by atoms with Crippen molar-refractivity contribution >= 4 is 13.8 Å². The summed E-state index contributed by atoms with van der Waals surface area (Å²) < 4.78 is 33.0. The summed E-state index contributed by atoms with van der Waals surface area (Å²) in [6, 6.07) is 0. The van der Waals surface area contributed by atoms with E-state index >= 15 is 0 Å². The fourth-order valence-electron chi connectivity index (χ4n) is 3.40. The van der Waals surface area contributed by atoms with Crippen LogP contribution in [0.15, 0.2) is 24.3 Å². The maximum absolute atomic E-state index is 11.9. The maximum Gasteiger partial charge on any atom is 0.303 e. The van der Waals surface area contributed by atoms with E-state index in [1.807, 2.05) is 21.1 Å². The van der Waals surface area contributed by atoms with Gasteiger partial charge in [0.2, 0.25) is 0 Å². The van der Waals surface area contributed by atoms with Crippen LogP contribution in [0, 0.1) is 0 Å². The molecule has 218 valence electrons. The minimum absolute atomic E-state index is 0.0204. The normalized spacial score (nSPS) is 14.9. The summed E-state index contributed by atoms with van der Waals surface area (Å²) in [5.41, 5.74) is 0. The van der Waals surface area contributed by atoms with Crippen LogP contribution in [0.2, 0.25) is 0 Å². The number of carbonyl (C=O) groups excluding carboxylic acids is 1. The molecule has 0 aromatic carbocycles. The molecule has 0 N–H and O–H groups in total. The van der Waals surface area contributed by atoms with Crippen molar-refractivity contribution in [3.63, 3.8) is 0 Å². The minimum Gasteiger partial charge on any atom is -0.756 e. The highest BCUT2D eigenvalue weighted by Gasteiger charge is 2.19. The van der Waals surface area contributed by atoms with E-state index < -0.39 is 19.9 Å². The molecule has 0 saturated heterocycles. The Hall–Kier alpha value is -1.02. The monoisotopic (exact) mass is 547 g/mol. The first-order valence-electron chi connectivity index (χ1n) is 14.0. The van der Waals surface area contributed by atoms with Gasteiger partial charge in [0.1, 0.15) is 19.3 Å². The molecular weight excluding hydrogens is 493 g/mol. The lowest BCUT2D eigenvalue weighted by atomic mass is 10.1. The Labute approximate surface area is 226 Å². The van der Waals surface area contributed by atoms with Crippen LogP contribution in [-0.4, -0.2) is 70.7 Å². The summed E-state index contributed by atoms with van der Waals surface area (Å²) in [6.07, 6.45) is 22.4. The van der Waals surface area contributed by atoms with E-state index in [0.29, 0.717) is 17.6 Å². The van der Waals surface area contributed by atoms with E-state index in [-0.39, 0.29) is 19.8 Å². The van der Waals surface area contributed by atoms with Crippen molar-refractivity contribution in [3.05, 3.63) is 24.3 Å². The first-order chi connectivity index (χ1) is 17.6. The van der Waals surface area contributed by atoms with Crippen LogP contribution >= 0.6 is 7.82 Å². The lowest BCUT2D eigenvalue weighted by Gasteiger charge is -2.28. The van der Waals surface area contributed by atoms with Gasteiger partial charge >= 0.3 is 5.97 Å². The fourth-order valence-corrected chi connectivity index (χ4v) is 4.12. The number of ether oxygens (including phenoxy) is 2. The minimum atomic E-state index is -4.47. The summed E-state index contributed by atoms with van der Waals surface area (Å²) in [5.74, 6) is -0.516. The van der Waals surface area contributed by atoms with Crippen LogP contribution in [0.25, 0.3) is 0 Å². The van der Waals surface area contributed by atoms with Gasteiger partial charge in [-0.2, -0.15) is 0 Å². The van der Waals surface area contributed by atoms with E-state index in [0.717, 1.165) is 32.1 Å². The van der Waals surface area contributed by atoms with E-state index in [1.54, 1.807) is 0 Å². The Morgan fingerprint density at radius 2 is 1.43 bits per heavy atom. The van der Waals surface area contributed by atoms with Crippen molar-refractivity contribution in [1.82, 2.24) is 0 Å². The smallest absolute Gasteiger partial charge is 0.303 e. The van der Waals surface area contributed by atoms with Gasteiger partial charge in [0.25, 0.3) is 7.82 Å². The second kappa shape index (κ2) is 22.9. The number of rotatable bonds is 25. The average Bonchev–Trinajstić information content (AvgIpc) is 2.80. The molecule has 0 aliphatic rings. The number of carbonyl (C=O) groups is 1. The second-order valence-electron chi connectivity index (χ2n) is 10.5. The number of esters is 1. The van der Waals surface area contributed by atoms with Crippen molar-refractivity contribution in [2.24, 2.45) is 0 Å². The zero-order valence-electron chi connectivity index (χ0n) is 24.2. The molecule has 0 saturated carbocycles. The Kier molecular flexibility index (Phi) is 22.3. The summed E-state index contributed by atoms with van der Waals surface area (Å²) >= 11 is 0. The molecule has 2 atom stereocenters. The van der Waals surface area contributed by atoms with Crippen molar-refractivity contribution in [3.8, 4) is 0 Å². The predicted octanol–water partition coefficient (Wildman–Crippen LogP) is 5.96. The van der Waals surface area contributed by atoms with Gasteiger partial charge in [-0.1, -0.05) is 69.8 Å². The van der Waals surface area contributed by atoms with Gasteiger partial charge in [0.15, 0.2) is 0 Å². The number of phosphoric ester groups is 1. The number of hydrogen-bond donors (Lipinski definition) is 0. The molecule has 0 aromatic heterocycles. The molecule has 0 amide bonds. The van der Waals surface area contributed by atoms with Crippen molar-refractivity contribution in [2.75, 3.05) is 54.1 Å². The molecule has 0 bridgehead atoms. The van der Waals surface area contributed by atoms with Crippen LogP contribution in [-0.2, 0) is 27.9 Å². The van der Waals surface area contributed by atoms with E-state index in [9.17, 15) is 14.3 Å². The maximum atomic E-state index is 11.9. The summed E-state index contributed by atoms with van der Waals surface area (Å²) in [4.78, 5) is 23.3. The molecule has 0 spiro atoms. The van der Waals surface area contributed by atoms with Gasteiger partial charge in [-0.15, -0.1) is 0 Å². The molecule has 9 heteroatoms. The largest absolute Gasteiger partial charge is 0.756 e. The number of hydrogen-bond acceptors (Lipinski definition) is 7. The Balaban J connectivity index is 3.82. The molecule has 0 aliphatic heterocycles. The molecule has 37 heavy (non-hydrogen) atoms. The standard InChI is InChI=1S/C28H54NO7P/c1-6-7-8-9-10-11-12-13-14-15-16-17-18-19-20-21-23-33-25-28(36-27(2)30)26-35-37(31,32)34-24-22-29(3,4)5/h10-11,13-14,28H,6-9,12,15-26H2,1-5H3/b11-10-,14-13-/t28-/m1/s1. The highest BCUT2D eigenvalue weighted by molar-refractivity contribution is 7.45. The Morgan fingerprint density at radius 1 is 0.838 bits per heavy atom. The number of quaternary nitrogens is 1. The Morgan fingerprint density at radius 3 is 2.03 bits per heavy atom. The summed E-state index contributed by atoms with van der Waals surface area (Å²) in [6.45, 7) is 4.32. The second-order valence-corrected chi connectivity index (χ2v) is 11.9. The van der Waals surface area contributed by atoms with Crippen LogP contribution in [0.4, 0.5) is 0 Å². The number of likely N-dealkylation sites (N-methyl/N-ethyl adjacent to an activating group) is 1. The van der Waals surface area contributed by atoms with E-state index in [2.05, 4.69) is 31.2 Å². The van der Waals surface area contributed by atoms with E-state index in [1.165, 1.54) is 51.9 Å². The topological polar surface area (TPSA) is 94.1 Å². The van der Waals surface area contributed by atoms with Gasteiger partial charge in [-0.25, -0.2) is 0 Å². The summed E-state index contributed by atoms with van der Waals surface area (Å²) in [7, 11) is 1.33. The number of unbranched alkanes of at least 4 members (excludes halogenated alkanes) is 9. The summed E-state index contributed by atoms with van der Waals surface area (Å²) in [5, 5.41) is 0.